The first-order chi connectivity index (χ1) is 11.3. The van der Waals surface area contributed by atoms with Crippen LogP contribution >= 0.6 is 0 Å². The molecule has 1 aliphatic rings. The number of carbonyl (C=O) groups excluding carboxylic acids is 1. The number of methoxy groups -OCH3 is 1. The zero-order chi connectivity index (χ0) is 16.3. The van der Waals surface area contributed by atoms with E-state index in [-0.39, 0.29) is 5.91 Å². The second-order valence-electron chi connectivity index (χ2n) is 5.95. The van der Waals surface area contributed by atoms with Gasteiger partial charge in [0, 0.05) is 13.7 Å². The summed E-state index contributed by atoms with van der Waals surface area (Å²) < 4.78 is 10.5. The van der Waals surface area contributed by atoms with Crippen molar-refractivity contribution in [3.8, 4) is 5.75 Å². The standard InChI is InChI=1S/C18H28N2O3/c1-22-12-13-23-17-8-6-16(7-9-17)14-19-18(21)15-20-10-4-2-3-5-11-20/h6-9H,2-5,10-15H2,1H3,(H,19,21). The Morgan fingerprint density at radius 2 is 1.78 bits per heavy atom. The SMILES string of the molecule is COCCOc1ccc(CNC(=O)CN2CCCCCC2)cc1. The van der Waals surface area contributed by atoms with Crippen LogP contribution in [-0.2, 0) is 16.1 Å². The first kappa shape index (κ1) is 17.8. The lowest BCUT2D eigenvalue weighted by Crippen LogP contribution is -2.37. The molecule has 0 radical (unpaired) electrons. The summed E-state index contributed by atoms with van der Waals surface area (Å²) in [6.45, 7) is 4.28. The van der Waals surface area contributed by atoms with Crippen LogP contribution in [0, 0.1) is 0 Å². The van der Waals surface area contributed by atoms with Crippen molar-refractivity contribution in [2.45, 2.75) is 32.2 Å². The number of carbonyl (C=O) groups is 1. The molecule has 0 unspecified atom stereocenters. The summed E-state index contributed by atoms with van der Waals surface area (Å²) in [7, 11) is 1.65. The molecule has 1 aliphatic heterocycles. The van der Waals surface area contributed by atoms with E-state index in [2.05, 4.69) is 10.2 Å². The fourth-order valence-electron chi connectivity index (χ4n) is 2.70. The molecule has 1 N–H and O–H groups in total. The number of benzene rings is 1. The van der Waals surface area contributed by atoms with Gasteiger partial charge in [-0.2, -0.15) is 0 Å². The van der Waals surface area contributed by atoms with Gasteiger partial charge in [0.1, 0.15) is 12.4 Å². The average molecular weight is 320 g/mol. The highest BCUT2D eigenvalue weighted by Crippen LogP contribution is 2.12. The predicted molar refractivity (Wildman–Crippen MR) is 90.6 cm³/mol. The monoisotopic (exact) mass is 320 g/mol. The Bertz CT molecular complexity index is 454. The largest absolute Gasteiger partial charge is 0.491 e. The van der Waals surface area contributed by atoms with Gasteiger partial charge in [-0.15, -0.1) is 0 Å². The highest BCUT2D eigenvalue weighted by Gasteiger charge is 2.12. The number of nitrogens with one attached hydrogen (secondary N) is 1. The molecule has 0 bridgehead atoms. The minimum Gasteiger partial charge on any atom is -0.491 e. The van der Waals surface area contributed by atoms with Gasteiger partial charge in [0.25, 0.3) is 0 Å². The van der Waals surface area contributed by atoms with Crippen molar-refractivity contribution in [2.24, 2.45) is 0 Å². The number of likely N-dealkylation sites (tertiary alicyclic amines) is 1. The molecule has 2 rings (SSSR count). The Morgan fingerprint density at radius 1 is 1.09 bits per heavy atom. The second kappa shape index (κ2) is 10.2. The van der Waals surface area contributed by atoms with Crippen LogP contribution in [0.1, 0.15) is 31.2 Å². The Balaban J connectivity index is 1.69. The van der Waals surface area contributed by atoms with E-state index in [9.17, 15) is 4.79 Å². The topological polar surface area (TPSA) is 50.8 Å². The average Bonchev–Trinajstić information content (AvgIpc) is 2.83. The van der Waals surface area contributed by atoms with Gasteiger partial charge in [-0.1, -0.05) is 25.0 Å². The van der Waals surface area contributed by atoms with E-state index in [0.29, 0.717) is 26.3 Å². The third-order valence-corrected chi connectivity index (χ3v) is 4.04. The molecule has 5 heteroatoms. The maximum absolute atomic E-state index is 12.0. The minimum absolute atomic E-state index is 0.104. The Labute approximate surface area is 139 Å². The van der Waals surface area contributed by atoms with Crippen molar-refractivity contribution in [1.82, 2.24) is 10.2 Å². The van der Waals surface area contributed by atoms with E-state index in [1.807, 2.05) is 24.3 Å². The van der Waals surface area contributed by atoms with Crippen LogP contribution < -0.4 is 10.1 Å². The summed E-state index contributed by atoms with van der Waals surface area (Å²) in [6, 6.07) is 7.81. The zero-order valence-electron chi connectivity index (χ0n) is 14.1. The fourth-order valence-corrected chi connectivity index (χ4v) is 2.70. The van der Waals surface area contributed by atoms with Crippen molar-refractivity contribution in [2.75, 3.05) is 40.0 Å². The Morgan fingerprint density at radius 3 is 2.43 bits per heavy atom. The van der Waals surface area contributed by atoms with Gasteiger partial charge >= 0.3 is 0 Å². The number of ether oxygens (including phenoxy) is 2. The fraction of sp³-hybridized carbons (Fsp3) is 0.611. The van der Waals surface area contributed by atoms with E-state index >= 15 is 0 Å². The van der Waals surface area contributed by atoms with Gasteiger partial charge in [0.2, 0.25) is 5.91 Å². The lowest BCUT2D eigenvalue weighted by Gasteiger charge is -2.19. The summed E-state index contributed by atoms with van der Waals surface area (Å²) in [5, 5.41) is 3.00. The molecule has 128 valence electrons. The maximum atomic E-state index is 12.0. The summed E-state index contributed by atoms with van der Waals surface area (Å²) in [4.78, 5) is 14.3. The molecule has 0 saturated carbocycles. The summed E-state index contributed by atoms with van der Waals surface area (Å²) in [5.41, 5.74) is 1.08. The number of rotatable bonds is 8. The van der Waals surface area contributed by atoms with Gasteiger partial charge in [0.05, 0.1) is 13.2 Å². The molecular formula is C18H28N2O3. The molecule has 5 nitrogen and oxygen atoms in total. The Kier molecular flexibility index (Phi) is 7.90. The lowest BCUT2D eigenvalue weighted by molar-refractivity contribution is -0.122. The first-order valence-electron chi connectivity index (χ1n) is 8.47. The van der Waals surface area contributed by atoms with E-state index < -0.39 is 0 Å². The molecule has 1 heterocycles. The molecule has 23 heavy (non-hydrogen) atoms. The van der Waals surface area contributed by atoms with E-state index in [0.717, 1.165) is 24.4 Å². The smallest absolute Gasteiger partial charge is 0.234 e. The van der Waals surface area contributed by atoms with E-state index in [1.165, 1.54) is 25.7 Å². The van der Waals surface area contributed by atoms with E-state index in [4.69, 9.17) is 9.47 Å². The molecule has 0 atom stereocenters. The van der Waals surface area contributed by atoms with Crippen LogP contribution in [0.4, 0.5) is 0 Å². The lowest BCUT2D eigenvalue weighted by atomic mass is 10.2. The Hall–Kier alpha value is -1.59. The molecule has 1 saturated heterocycles. The third-order valence-electron chi connectivity index (χ3n) is 4.04. The minimum atomic E-state index is 0.104. The molecular weight excluding hydrogens is 292 g/mol. The normalized spacial score (nSPS) is 15.9. The first-order valence-corrected chi connectivity index (χ1v) is 8.47. The highest BCUT2D eigenvalue weighted by atomic mass is 16.5. The van der Waals surface area contributed by atoms with Crippen LogP contribution in [0.3, 0.4) is 0 Å². The van der Waals surface area contributed by atoms with Crippen molar-refractivity contribution in [3.05, 3.63) is 29.8 Å². The van der Waals surface area contributed by atoms with Crippen molar-refractivity contribution >= 4 is 5.91 Å². The molecule has 1 aromatic rings. The quantitative estimate of drug-likeness (QED) is 0.746. The van der Waals surface area contributed by atoms with Crippen molar-refractivity contribution < 1.29 is 14.3 Å². The molecule has 0 aromatic heterocycles. The van der Waals surface area contributed by atoms with Gasteiger partial charge in [-0.05, 0) is 43.6 Å². The second-order valence-corrected chi connectivity index (χ2v) is 5.95. The number of amides is 1. The van der Waals surface area contributed by atoms with Gasteiger partial charge < -0.3 is 14.8 Å². The third kappa shape index (κ3) is 7.01. The van der Waals surface area contributed by atoms with Gasteiger partial charge in [-0.25, -0.2) is 0 Å². The zero-order valence-corrected chi connectivity index (χ0v) is 14.1. The van der Waals surface area contributed by atoms with E-state index in [1.54, 1.807) is 7.11 Å². The predicted octanol–water partition coefficient (Wildman–Crippen LogP) is 2.20. The van der Waals surface area contributed by atoms with Crippen LogP contribution in [0.25, 0.3) is 0 Å². The molecule has 0 spiro atoms. The van der Waals surface area contributed by atoms with Crippen LogP contribution in [0.2, 0.25) is 0 Å². The van der Waals surface area contributed by atoms with Crippen LogP contribution in [0.5, 0.6) is 5.75 Å². The number of hydrogen-bond donors (Lipinski definition) is 1. The molecule has 0 aliphatic carbocycles. The van der Waals surface area contributed by atoms with Crippen molar-refractivity contribution in [3.63, 3.8) is 0 Å². The molecule has 1 amide bonds. The van der Waals surface area contributed by atoms with Crippen LogP contribution in [0.15, 0.2) is 24.3 Å². The van der Waals surface area contributed by atoms with Gasteiger partial charge in [0.15, 0.2) is 0 Å². The summed E-state index contributed by atoms with van der Waals surface area (Å²) >= 11 is 0. The van der Waals surface area contributed by atoms with Crippen LogP contribution in [-0.4, -0.2) is 50.8 Å². The number of hydrogen-bond acceptors (Lipinski definition) is 4. The molecule has 1 fully saturated rings. The summed E-state index contributed by atoms with van der Waals surface area (Å²) in [5.74, 6) is 0.925. The van der Waals surface area contributed by atoms with Crippen molar-refractivity contribution in [1.29, 1.82) is 0 Å². The maximum Gasteiger partial charge on any atom is 0.234 e. The number of nitrogens with zero attached hydrogens (tertiary/aromatic N) is 1. The summed E-state index contributed by atoms with van der Waals surface area (Å²) in [6.07, 6.45) is 4.99. The highest BCUT2D eigenvalue weighted by molar-refractivity contribution is 5.78. The molecule has 1 aromatic carbocycles. The van der Waals surface area contributed by atoms with Gasteiger partial charge in [-0.3, -0.25) is 9.69 Å².